The van der Waals surface area contributed by atoms with E-state index in [0.717, 1.165) is 0 Å². The van der Waals surface area contributed by atoms with E-state index in [9.17, 15) is 18.0 Å². The fourth-order valence-electron chi connectivity index (χ4n) is 2.33. The van der Waals surface area contributed by atoms with Crippen LogP contribution in [0.2, 0.25) is 0 Å². The van der Waals surface area contributed by atoms with Crippen LogP contribution < -0.4 is 15.8 Å². The van der Waals surface area contributed by atoms with Crippen molar-refractivity contribution in [1.82, 2.24) is 14.9 Å². The lowest BCUT2D eigenvalue weighted by atomic mass is 10.1. The quantitative estimate of drug-likeness (QED) is 0.586. The van der Waals surface area contributed by atoms with Gasteiger partial charge in [-0.3, -0.25) is 14.3 Å². The number of carbonyl (C=O) groups is 1. The van der Waals surface area contributed by atoms with E-state index in [-0.39, 0.29) is 16.7 Å². The molecule has 0 spiro atoms. The number of hydrogen-bond donors (Lipinski definition) is 3. The molecule has 0 radical (unpaired) electrons. The van der Waals surface area contributed by atoms with Crippen LogP contribution in [0.4, 0.5) is 5.69 Å². The number of H-pyrrole nitrogens is 1. The lowest BCUT2D eigenvalue weighted by Crippen LogP contribution is -2.40. The molecule has 0 unspecified atom stereocenters. The van der Waals surface area contributed by atoms with Crippen LogP contribution in [0, 0.1) is 0 Å². The highest BCUT2D eigenvalue weighted by atomic mass is 32.2. The number of anilines is 1. The number of furan rings is 1. The van der Waals surface area contributed by atoms with Crippen molar-refractivity contribution in [2.45, 2.75) is 31.4 Å². The summed E-state index contributed by atoms with van der Waals surface area (Å²) in [7, 11) is -3.89. The smallest absolute Gasteiger partial charge is 0.438 e. The molecular formula is C17H18N4O6S. The van der Waals surface area contributed by atoms with Crippen LogP contribution in [0.3, 0.4) is 0 Å². The number of aromatic nitrogens is 2. The van der Waals surface area contributed by atoms with Crippen LogP contribution in [0.15, 0.2) is 55.2 Å². The zero-order valence-corrected chi connectivity index (χ0v) is 16.1. The fraction of sp³-hybridized carbons (Fsp3) is 0.235. The molecule has 0 aliphatic rings. The Morgan fingerprint density at radius 3 is 2.57 bits per heavy atom. The van der Waals surface area contributed by atoms with Crippen molar-refractivity contribution >= 4 is 21.6 Å². The van der Waals surface area contributed by atoms with E-state index in [1.54, 1.807) is 45.0 Å². The van der Waals surface area contributed by atoms with Gasteiger partial charge in [0.25, 0.3) is 15.9 Å². The molecule has 148 valence electrons. The number of nitrogens with one attached hydrogen (secondary N) is 3. The fourth-order valence-corrected chi connectivity index (χ4v) is 3.68. The van der Waals surface area contributed by atoms with Crippen LogP contribution in [0.1, 0.15) is 31.3 Å². The van der Waals surface area contributed by atoms with Gasteiger partial charge >= 0.3 is 5.76 Å². The number of benzene rings is 1. The molecule has 10 nitrogen and oxygen atoms in total. The van der Waals surface area contributed by atoms with E-state index in [0.29, 0.717) is 11.3 Å². The standard InChI is InChI=1S/C17H18N4O6S/c1-17(2,3)21-28(24,25)13-8-7-12(26-13)15(22)18-11-6-4-5-10(9-11)14-19-16(23)27-20-14/h4-9,21H,1-3H3,(H,18,22)(H,19,20,23). The third-order valence-electron chi connectivity index (χ3n) is 3.34. The minimum atomic E-state index is -3.89. The topological polar surface area (TPSA) is 147 Å². The van der Waals surface area contributed by atoms with Crippen molar-refractivity contribution in [3.63, 3.8) is 0 Å². The molecule has 3 rings (SSSR count). The summed E-state index contributed by atoms with van der Waals surface area (Å²) < 4.78 is 36.6. The maximum atomic E-state index is 12.4. The summed E-state index contributed by atoms with van der Waals surface area (Å²) in [5, 5.41) is 5.81. The van der Waals surface area contributed by atoms with E-state index in [4.69, 9.17) is 4.42 Å². The second-order valence-electron chi connectivity index (χ2n) is 6.95. The largest absolute Gasteiger partial charge is 0.439 e. The Morgan fingerprint density at radius 2 is 1.93 bits per heavy atom. The first-order valence-electron chi connectivity index (χ1n) is 8.15. The van der Waals surface area contributed by atoms with Crippen molar-refractivity contribution in [1.29, 1.82) is 0 Å². The van der Waals surface area contributed by atoms with Gasteiger partial charge in [-0.1, -0.05) is 17.3 Å². The van der Waals surface area contributed by atoms with Crippen LogP contribution in [-0.2, 0) is 10.0 Å². The summed E-state index contributed by atoms with van der Waals surface area (Å²) in [4.78, 5) is 25.8. The second kappa shape index (κ2) is 7.09. The Morgan fingerprint density at radius 1 is 1.18 bits per heavy atom. The van der Waals surface area contributed by atoms with Crippen molar-refractivity contribution in [2.75, 3.05) is 5.32 Å². The van der Waals surface area contributed by atoms with Gasteiger partial charge < -0.3 is 9.73 Å². The minimum absolute atomic E-state index is 0.172. The Hall–Kier alpha value is -3.18. The summed E-state index contributed by atoms with van der Waals surface area (Å²) in [6.45, 7) is 5.07. The number of carbonyl (C=O) groups excluding carboxylic acids is 1. The summed E-state index contributed by atoms with van der Waals surface area (Å²) in [6, 6.07) is 8.96. The molecule has 2 aromatic heterocycles. The molecule has 3 N–H and O–H groups in total. The Bertz CT molecular complexity index is 1170. The molecule has 0 aliphatic heterocycles. The summed E-state index contributed by atoms with van der Waals surface area (Å²) in [5.74, 6) is -1.30. The number of rotatable bonds is 5. The van der Waals surface area contributed by atoms with E-state index >= 15 is 0 Å². The summed E-state index contributed by atoms with van der Waals surface area (Å²) in [6.07, 6.45) is 0. The van der Waals surface area contributed by atoms with Gasteiger partial charge in [-0.15, -0.1) is 0 Å². The molecule has 2 heterocycles. The molecule has 0 fully saturated rings. The van der Waals surface area contributed by atoms with Crippen molar-refractivity contribution < 1.29 is 22.2 Å². The number of sulfonamides is 1. The van der Waals surface area contributed by atoms with Crippen LogP contribution >= 0.6 is 0 Å². The molecule has 1 aromatic carbocycles. The molecule has 0 bridgehead atoms. The molecule has 28 heavy (non-hydrogen) atoms. The first-order chi connectivity index (χ1) is 13.0. The molecule has 0 saturated carbocycles. The lowest BCUT2D eigenvalue weighted by Gasteiger charge is -2.18. The van der Waals surface area contributed by atoms with Gasteiger partial charge in [0.05, 0.1) is 0 Å². The zero-order chi connectivity index (χ0) is 20.5. The molecule has 1 amide bonds. The average molecular weight is 406 g/mol. The van der Waals surface area contributed by atoms with E-state index in [1.807, 2.05) is 0 Å². The normalized spacial score (nSPS) is 12.1. The minimum Gasteiger partial charge on any atom is -0.438 e. The highest BCUT2D eigenvalue weighted by Crippen LogP contribution is 2.21. The van der Waals surface area contributed by atoms with Gasteiger partial charge in [-0.2, -0.15) is 0 Å². The van der Waals surface area contributed by atoms with Crippen molar-refractivity contribution in [3.8, 4) is 11.4 Å². The molecule has 3 aromatic rings. The van der Waals surface area contributed by atoms with Gasteiger partial charge in [-0.05, 0) is 45.0 Å². The highest BCUT2D eigenvalue weighted by Gasteiger charge is 2.26. The van der Waals surface area contributed by atoms with Crippen LogP contribution in [0.25, 0.3) is 11.4 Å². The van der Waals surface area contributed by atoms with Gasteiger partial charge in [-0.25, -0.2) is 17.9 Å². The third-order valence-corrected chi connectivity index (χ3v) is 4.97. The Balaban J connectivity index is 1.78. The Labute approximate surface area is 160 Å². The van der Waals surface area contributed by atoms with Crippen molar-refractivity contribution in [3.05, 3.63) is 52.7 Å². The van der Waals surface area contributed by atoms with Crippen molar-refractivity contribution in [2.24, 2.45) is 0 Å². The lowest BCUT2D eigenvalue weighted by molar-refractivity contribution is 0.0991. The molecule has 0 aliphatic carbocycles. The highest BCUT2D eigenvalue weighted by molar-refractivity contribution is 7.89. The van der Waals surface area contributed by atoms with Crippen LogP contribution in [0.5, 0.6) is 0 Å². The summed E-state index contributed by atoms with van der Waals surface area (Å²) >= 11 is 0. The number of nitrogens with zero attached hydrogens (tertiary/aromatic N) is 1. The second-order valence-corrected chi connectivity index (χ2v) is 8.57. The maximum Gasteiger partial charge on any atom is 0.439 e. The molecular weight excluding hydrogens is 388 g/mol. The SMILES string of the molecule is CC(C)(C)NS(=O)(=O)c1ccc(C(=O)Nc2cccc(-c3noc(=O)[nH]3)c2)o1. The molecule has 0 saturated heterocycles. The van der Waals surface area contributed by atoms with Gasteiger partial charge in [0.1, 0.15) is 0 Å². The predicted molar refractivity (Wildman–Crippen MR) is 99.3 cm³/mol. The molecule has 0 atom stereocenters. The first-order valence-corrected chi connectivity index (χ1v) is 9.63. The average Bonchev–Trinajstić information content (AvgIpc) is 3.22. The monoisotopic (exact) mass is 406 g/mol. The number of amides is 1. The van der Waals surface area contributed by atoms with Gasteiger partial charge in [0, 0.05) is 16.8 Å². The van der Waals surface area contributed by atoms with Gasteiger partial charge in [0.2, 0.25) is 5.09 Å². The van der Waals surface area contributed by atoms with Crippen LogP contribution in [-0.4, -0.2) is 30.0 Å². The summed E-state index contributed by atoms with van der Waals surface area (Å²) in [5.41, 5.74) is 0.206. The first kappa shape index (κ1) is 19.6. The molecule has 11 heteroatoms. The maximum absolute atomic E-state index is 12.4. The van der Waals surface area contributed by atoms with Gasteiger partial charge in [0.15, 0.2) is 11.6 Å². The van der Waals surface area contributed by atoms with E-state index < -0.39 is 27.2 Å². The van der Waals surface area contributed by atoms with E-state index in [2.05, 4.69) is 24.7 Å². The number of aromatic amines is 1. The predicted octanol–water partition coefficient (Wildman–Crippen LogP) is 1.95. The number of hydrogen-bond acceptors (Lipinski definition) is 7. The third kappa shape index (κ3) is 4.56. The zero-order valence-electron chi connectivity index (χ0n) is 15.3. The van der Waals surface area contributed by atoms with E-state index in [1.165, 1.54) is 12.1 Å². The Kier molecular flexibility index (Phi) is 4.96.